The lowest BCUT2D eigenvalue weighted by Gasteiger charge is -2.34. The highest BCUT2D eigenvalue weighted by Gasteiger charge is 2.23. The molecule has 1 aromatic heterocycles. The van der Waals surface area contributed by atoms with E-state index in [2.05, 4.69) is 35.3 Å². The second kappa shape index (κ2) is 8.06. The van der Waals surface area contributed by atoms with Crippen LogP contribution in [-0.4, -0.2) is 49.2 Å². The molecule has 2 aromatic carbocycles. The number of nitrogens with one attached hydrogen (secondary N) is 1. The number of amides is 2. The lowest BCUT2D eigenvalue weighted by atomic mass is 10.2. The summed E-state index contributed by atoms with van der Waals surface area (Å²) in [7, 11) is 1.64. The number of fused-ring (bicyclic) bond motifs is 1. The van der Waals surface area contributed by atoms with Crippen LogP contribution in [0.2, 0.25) is 0 Å². The molecule has 146 valence electrons. The van der Waals surface area contributed by atoms with Crippen LogP contribution in [-0.2, 0) is 6.54 Å². The molecule has 0 unspecified atom stereocenters. The summed E-state index contributed by atoms with van der Waals surface area (Å²) in [5.74, 6) is 0.816. The quantitative estimate of drug-likeness (QED) is 0.731. The van der Waals surface area contributed by atoms with Gasteiger partial charge < -0.3 is 19.9 Å². The fraction of sp³-hybridized carbons (Fsp3) is 0.333. The van der Waals surface area contributed by atoms with Crippen LogP contribution in [0.25, 0.3) is 10.2 Å². The Morgan fingerprint density at radius 3 is 2.61 bits per heavy atom. The highest BCUT2D eigenvalue weighted by atomic mass is 32.1. The van der Waals surface area contributed by atoms with Crippen LogP contribution >= 0.6 is 11.3 Å². The molecule has 1 fully saturated rings. The average molecular weight is 397 g/mol. The number of rotatable bonds is 4. The molecule has 1 N–H and O–H groups in total. The normalized spacial score (nSPS) is 14.4. The number of urea groups is 1. The molecule has 0 bridgehead atoms. The van der Waals surface area contributed by atoms with Crippen molar-refractivity contribution in [2.24, 2.45) is 0 Å². The first-order valence-corrected chi connectivity index (χ1v) is 10.2. The molecule has 0 saturated carbocycles. The first-order chi connectivity index (χ1) is 13.6. The van der Waals surface area contributed by atoms with E-state index in [0.29, 0.717) is 19.6 Å². The summed E-state index contributed by atoms with van der Waals surface area (Å²) in [6.07, 6.45) is 0. The molecular weight excluding hydrogens is 372 g/mol. The van der Waals surface area contributed by atoms with Gasteiger partial charge in [-0.25, -0.2) is 9.78 Å². The minimum Gasteiger partial charge on any atom is -0.497 e. The molecule has 4 rings (SSSR count). The van der Waals surface area contributed by atoms with Crippen LogP contribution in [0, 0.1) is 6.92 Å². The second-order valence-corrected chi connectivity index (χ2v) is 7.96. The predicted octanol–water partition coefficient (Wildman–Crippen LogP) is 3.65. The van der Waals surface area contributed by atoms with E-state index >= 15 is 0 Å². The molecule has 7 heteroatoms. The number of aromatic nitrogens is 1. The number of hydrogen-bond donors (Lipinski definition) is 1. The monoisotopic (exact) mass is 396 g/mol. The fourth-order valence-electron chi connectivity index (χ4n) is 3.29. The van der Waals surface area contributed by atoms with Gasteiger partial charge in [-0.15, -0.1) is 0 Å². The second-order valence-electron chi connectivity index (χ2n) is 6.95. The minimum atomic E-state index is -0.0182. The summed E-state index contributed by atoms with van der Waals surface area (Å²) >= 11 is 1.72. The average Bonchev–Trinajstić information content (AvgIpc) is 3.15. The lowest BCUT2D eigenvalue weighted by molar-refractivity contribution is 0.194. The number of carbonyl (C=O) groups is 1. The lowest BCUT2D eigenvalue weighted by Crippen LogP contribution is -2.51. The zero-order valence-electron chi connectivity index (χ0n) is 16.1. The number of piperazine rings is 1. The van der Waals surface area contributed by atoms with Crippen LogP contribution in [0.15, 0.2) is 42.5 Å². The zero-order valence-corrected chi connectivity index (χ0v) is 17.0. The summed E-state index contributed by atoms with van der Waals surface area (Å²) in [4.78, 5) is 21.4. The standard InChI is InChI=1S/C21H24N4O2S/c1-15-3-8-18-19(13-15)28-21(23-18)25-11-9-24(10-12-25)20(26)22-14-16-4-6-17(27-2)7-5-16/h3-8,13H,9-12,14H2,1-2H3,(H,22,26). The minimum absolute atomic E-state index is 0.0182. The van der Waals surface area contributed by atoms with Gasteiger partial charge in [-0.1, -0.05) is 29.5 Å². The Labute approximate surface area is 168 Å². The Kier molecular flexibility index (Phi) is 5.34. The van der Waals surface area contributed by atoms with Gasteiger partial charge in [0.25, 0.3) is 0 Å². The van der Waals surface area contributed by atoms with Gasteiger partial charge in [0.05, 0.1) is 17.3 Å². The number of nitrogens with zero attached hydrogens (tertiary/aromatic N) is 3. The third kappa shape index (κ3) is 4.04. The molecule has 0 radical (unpaired) electrons. The van der Waals surface area contributed by atoms with E-state index in [1.54, 1.807) is 18.4 Å². The predicted molar refractivity (Wildman–Crippen MR) is 113 cm³/mol. The summed E-state index contributed by atoms with van der Waals surface area (Å²) in [5.41, 5.74) is 3.35. The van der Waals surface area contributed by atoms with Crippen LogP contribution < -0.4 is 15.0 Å². The fourth-order valence-corrected chi connectivity index (χ4v) is 4.40. The van der Waals surface area contributed by atoms with E-state index in [-0.39, 0.29) is 6.03 Å². The molecule has 0 aliphatic carbocycles. The molecule has 1 aliphatic heterocycles. The van der Waals surface area contributed by atoms with Crippen molar-refractivity contribution in [3.05, 3.63) is 53.6 Å². The van der Waals surface area contributed by atoms with Gasteiger partial charge in [0.1, 0.15) is 5.75 Å². The maximum Gasteiger partial charge on any atom is 0.317 e. The number of hydrogen-bond acceptors (Lipinski definition) is 5. The highest BCUT2D eigenvalue weighted by molar-refractivity contribution is 7.22. The number of anilines is 1. The number of carbonyl (C=O) groups excluding carboxylic acids is 1. The van der Waals surface area contributed by atoms with E-state index in [1.807, 2.05) is 29.2 Å². The Balaban J connectivity index is 1.30. The van der Waals surface area contributed by atoms with Gasteiger partial charge in [-0.3, -0.25) is 0 Å². The summed E-state index contributed by atoms with van der Waals surface area (Å²) in [6, 6.07) is 14.1. The highest BCUT2D eigenvalue weighted by Crippen LogP contribution is 2.30. The number of ether oxygens (including phenoxy) is 1. The molecule has 2 heterocycles. The SMILES string of the molecule is COc1ccc(CNC(=O)N2CCN(c3nc4ccc(C)cc4s3)CC2)cc1. The first-order valence-electron chi connectivity index (χ1n) is 9.40. The largest absolute Gasteiger partial charge is 0.497 e. The Morgan fingerprint density at radius 2 is 1.89 bits per heavy atom. The van der Waals surface area contributed by atoms with Crippen LogP contribution in [0.4, 0.5) is 9.93 Å². The topological polar surface area (TPSA) is 57.7 Å². The van der Waals surface area contributed by atoms with Crippen molar-refractivity contribution in [3.63, 3.8) is 0 Å². The van der Waals surface area contributed by atoms with E-state index in [1.165, 1.54) is 10.3 Å². The van der Waals surface area contributed by atoms with Gasteiger partial charge in [0.15, 0.2) is 5.13 Å². The van der Waals surface area contributed by atoms with Gasteiger partial charge in [0.2, 0.25) is 0 Å². The van der Waals surface area contributed by atoms with Crippen molar-refractivity contribution >= 4 is 32.7 Å². The smallest absolute Gasteiger partial charge is 0.317 e. The van der Waals surface area contributed by atoms with E-state index < -0.39 is 0 Å². The Hall–Kier alpha value is -2.80. The maximum absolute atomic E-state index is 12.5. The van der Waals surface area contributed by atoms with E-state index in [0.717, 1.165) is 35.1 Å². The van der Waals surface area contributed by atoms with E-state index in [4.69, 9.17) is 9.72 Å². The van der Waals surface area contributed by atoms with Crippen LogP contribution in [0.5, 0.6) is 5.75 Å². The van der Waals surface area contributed by atoms with Crippen molar-refractivity contribution in [1.82, 2.24) is 15.2 Å². The van der Waals surface area contributed by atoms with Crippen molar-refractivity contribution in [3.8, 4) is 5.75 Å². The summed E-state index contributed by atoms with van der Waals surface area (Å²) in [5, 5.41) is 4.04. The first kappa shape index (κ1) is 18.6. The molecule has 1 saturated heterocycles. The summed E-state index contributed by atoms with van der Waals surface area (Å²) in [6.45, 7) is 5.61. The Bertz CT molecular complexity index is 962. The number of aryl methyl sites for hydroxylation is 1. The maximum atomic E-state index is 12.5. The molecule has 28 heavy (non-hydrogen) atoms. The number of thiazole rings is 1. The van der Waals surface area contributed by atoms with Crippen LogP contribution in [0.3, 0.4) is 0 Å². The van der Waals surface area contributed by atoms with Gasteiger partial charge in [-0.2, -0.15) is 0 Å². The molecule has 0 atom stereocenters. The molecule has 3 aromatic rings. The molecule has 6 nitrogen and oxygen atoms in total. The molecule has 0 spiro atoms. The summed E-state index contributed by atoms with van der Waals surface area (Å²) < 4.78 is 6.37. The Morgan fingerprint density at radius 1 is 1.14 bits per heavy atom. The molecule has 1 aliphatic rings. The molecular formula is C21H24N4O2S. The number of benzene rings is 2. The van der Waals surface area contributed by atoms with Crippen molar-refractivity contribution in [1.29, 1.82) is 0 Å². The van der Waals surface area contributed by atoms with Crippen molar-refractivity contribution < 1.29 is 9.53 Å². The van der Waals surface area contributed by atoms with Crippen molar-refractivity contribution in [2.45, 2.75) is 13.5 Å². The number of methoxy groups -OCH3 is 1. The molecule has 2 amide bonds. The third-order valence-electron chi connectivity index (χ3n) is 4.97. The van der Waals surface area contributed by atoms with Crippen molar-refractivity contribution in [2.75, 3.05) is 38.2 Å². The zero-order chi connectivity index (χ0) is 19.5. The van der Waals surface area contributed by atoms with Gasteiger partial charge >= 0.3 is 6.03 Å². The third-order valence-corrected chi connectivity index (χ3v) is 6.05. The van der Waals surface area contributed by atoms with Crippen LogP contribution in [0.1, 0.15) is 11.1 Å². The van der Waals surface area contributed by atoms with Gasteiger partial charge in [-0.05, 0) is 42.3 Å². The van der Waals surface area contributed by atoms with E-state index in [9.17, 15) is 4.79 Å². The van der Waals surface area contributed by atoms with Gasteiger partial charge in [0, 0.05) is 32.7 Å².